The number of hydrogen-bond donors (Lipinski definition) is 3. The molecule has 5 heteroatoms. The molecule has 1 saturated heterocycles. The van der Waals surface area contributed by atoms with Gasteiger partial charge in [-0.25, -0.2) is 4.98 Å². The van der Waals surface area contributed by atoms with Crippen LogP contribution in [0.4, 0.5) is 0 Å². The van der Waals surface area contributed by atoms with Crippen LogP contribution in [-0.4, -0.2) is 27.6 Å². The van der Waals surface area contributed by atoms with Gasteiger partial charge in [0, 0.05) is 18.3 Å². The number of H-pyrrole nitrogens is 1. The molecule has 4 rings (SSSR count). The van der Waals surface area contributed by atoms with Gasteiger partial charge in [0.1, 0.15) is 0 Å². The van der Waals surface area contributed by atoms with E-state index in [0.717, 1.165) is 18.5 Å². The SMILES string of the molecule is O=C1NC2(CCC3(CCCCC3)CC2)NC1Cc1cnc[nH]1. The average Bonchev–Trinajstić information content (AvgIpc) is 3.14. The molecule has 120 valence electrons. The molecule has 1 aromatic heterocycles. The Morgan fingerprint density at radius 1 is 1.09 bits per heavy atom. The number of hydrogen-bond acceptors (Lipinski definition) is 3. The number of carbonyl (C=O) groups excluding carboxylic acids is 1. The van der Waals surface area contributed by atoms with Crippen molar-refractivity contribution in [3.8, 4) is 0 Å². The van der Waals surface area contributed by atoms with Gasteiger partial charge in [-0.2, -0.15) is 0 Å². The number of aromatic amines is 1. The molecule has 2 spiro atoms. The zero-order valence-electron chi connectivity index (χ0n) is 13.2. The lowest BCUT2D eigenvalue weighted by Crippen LogP contribution is -2.54. The molecule has 22 heavy (non-hydrogen) atoms. The van der Waals surface area contributed by atoms with E-state index in [2.05, 4.69) is 20.6 Å². The van der Waals surface area contributed by atoms with Gasteiger partial charge in [0.05, 0.1) is 18.0 Å². The van der Waals surface area contributed by atoms with Crippen LogP contribution >= 0.6 is 0 Å². The molecule has 1 atom stereocenters. The van der Waals surface area contributed by atoms with Crippen LogP contribution in [0, 0.1) is 5.41 Å². The van der Waals surface area contributed by atoms with Crippen LogP contribution in [0.2, 0.25) is 0 Å². The van der Waals surface area contributed by atoms with Gasteiger partial charge in [-0.15, -0.1) is 0 Å². The van der Waals surface area contributed by atoms with Gasteiger partial charge >= 0.3 is 0 Å². The van der Waals surface area contributed by atoms with Crippen molar-refractivity contribution in [2.24, 2.45) is 5.41 Å². The van der Waals surface area contributed by atoms with Gasteiger partial charge in [0.25, 0.3) is 0 Å². The molecule has 1 unspecified atom stereocenters. The summed E-state index contributed by atoms with van der Waals surface area (Å²) in [7, 11) is 0. The van der Waals surface area contributed by atoms with Gasteiger partial charge in [0.15, 0.2) is 0 Å². The lowest BCUT2D eigenvalue weighted by molar-refractivity contribution is -0.121. The zero-order chi connectivity index (χ0) is 15.0. The summed E-state index contributed by atoms with van der Waals surface area (Å²) in [4.78, 5) is 19.5. The lowest BCUT2D eigenvalue weighted by atomic mass is 9.63. The van der Waals surface area contributed by atoms with Crippen molar-refractivity contribution in [1.82, 2.24) is 20.6 Å². The van der Waals surface area contributed by atoms with Crippen molar-refractivity contribution in [3.05, 3.63) is 18.2 Å². The fourth-order valence-electron chi connectivity index (χ4n) is 4.80. The summed E-state index contributed by atoms with van der Waals surface area (Å²) in [5.41, 5.74) is 1.45. The minimum Gasteiger partial charge on any atom is -0.348 e. The second kappa shape index (κ2) is 5.37. The Morgan fingerprint density at radius 2 is 1.86 bits per heavy atom. The lowest BCUT2D eigenvalue weighted by Gasteiger charge is -2.47. The Morgan fingerprint density at radius 3 is 2.55 bits per heavy atom. The summed E-state index contributed by atoms with van der Waals surface area (Å²) >= 11 is 0. The molecule has 5 nitrogen and oxygen atoms in total. The molecular weight excluding hydrogens is 276 g/mol. The average molecular weight is 302 g/mol. The molecule has 0 aromatic carbocycles. The first kappa shape index (κ1) is 14.2. The van der Waals surface area contributed by atoms with Crippen LogP contribution in [0.3, 0.4) is 0 Å². The number of aromatic nitrogens is 2. The summed E-state index contributed by atoms with van der Waals surface area (Å²) in [5.74, 6) is 0.147. The largest absolute Gasteiger partial charge is 0.348 e. The van der Waals surface area contributed by atoms with Crippen LogP contribution in [0.1, 0.15) is 63.5 Å². The Bertz CT molecular complexity index is 523. The summed E-state index contributed by atoms with van der Waals surface area (Å²) in [6.07, 6.45) is 15.9. The van der Waals surface area contributed by atoms with E-state index in [0.29, 0.717) is 11.8 Å². The van der Waals surface area contributed by atoms with Crippen molar-refractivity contribution in [1.29, 1.82) is 0 Å². The smallest absolute Gasteiger partial charge is 0.239 e. The van der Waals surface area contributed by atoms with Crippen LogP contribution in [0.25, 0.3) is 0 Å². The molecule has 2 heterocycles. The van der Waals surface area contributed by atoms with Crippen molar-refractivity contribution in [3.63, 3.8) is 0 Å². The molecule has 1 amide bonds. The summed E-state index contributed by atoms with van der Waals surface area (Å²) in [6.45, 7) is 0. The molecule has 0 bridgehead atoms. The number of imidazole rings is 1. The van der Waals surface area contributed by atoms with E-state index in [1.165, 1.54) is 44.9 Å². The second-order valence-corrected chi connectivity index (χ2v) is 7.61. The van der Waals surface area contributed by atoms with E-state index in [1.807, 2.05) is 0 Å². The second-order valence-electron chi connectivity index (χ2n) is 7.61. The van der Waals surface area contributed by atoms with Gasteiger partial charge in [0.2, 0.25) is 5.91 Å². The predicted molar refractivity (Wildman–Crippen MR) is 84.1 cm³/mol. The topological polar surface area (TPSA) is 69.8 Å². The van der Waals surface area contributed by atoms with Crippen molar-refractivity contribution >= 4 is 5.91 Å². The van der Waals surface area contributed by atoms with Crippen molar-refractivity contribution in [2.45, 2.75) is 75.9 Å². The molecule has 2 saturated carbocycles. The maximum absolute atomic E-state index is 12.3. The van der Waals surface area contributed by atoms with Crippen molar-refractivity contribution < 1.29 is 4.79 Å². The minimum atomic E-state index is -0.148. The van der Waals surface area contributed by atoms with Crippen LogP contribution in [0.15, 0.2) is 12.5 Å². The summed E-state index contributed by atoms with van der Waals surface area (Å²) in [5, 5.41) is 6.88. The van der Waals surface area contributed by atoms with E-state index in [1.54, 1.807) is 12.5 Å². The molecule has 0 radical (unpaired) electrons. The third-order valence-corrected chi connectivity index (χ3v) is 6.19. The standard InChI is InChI=1S/C17H26N4O/c22-15-14(10-13-11-18-12-19-13)20-17(21-15)8-6-16(7-9-17)4-2-1-3-5-16/h11-12,14,20H,1-10H2,(H,18,19)(H,21,22). The Balaban J connectivity index is 1.40. The number of carbonyl (C=O) groups is 1. The van der Waals surface area contributed by atoms with Gasteiger partial charge in [-0.05, 0) is 43.9 Å². The van der Waals surface area contributed by atoms with Gasteiger partial charge in [-0.3, -0.25) is 10.1 Å². The van der Waals surface area contributed by atoms with E-state index in [4.69, 9.17) is 0 Å². The quantitative estimate of drug-likeness (QED) is 0.785. The van der Waals surface area contributed by atoms with Crippen LogP contribution in [0.5, 0.6) is 0 Å². The Labute approximate surface area is 131 Å². The van der Waals surface area contributed by atoms with Crippen molar-refractivity contribution in [2.75, 3.05) is 0 Å². The first-order chi connectivity index (χ1) is 10.7. The highest BCUT2D eigenvalue weighted by Crippen LogP contribution is 2.49. The van der Waals surface area contributed by atoms with E-state index in [9.17, 15) is 4.79 Å². The Hall–Kier alpha value is -1.36. The fourth-order valence-corrected chi connectivity index (χ4v) is 4.80. The number of amides is 1. The highest BCUT2D eigenvalue weighted by Gasteiger charge is 2.49. The maximum atomic E-state index is 12.3. The normalized spacial score (nSPS) is 29.8. The molecular formula is C17H26N4O. The van der Waals surface area contributed by atoms with Gasteiger partial charge < -0.3 is 10.3 Å². The highest BCUT2D eigenvalue weighted by atomic mass is 16.2. The number of rotatable bonds is 2. The highest BCUT2D eigenvalue weighted by molar-refractivity contribution is 5.85. The molecule has 1 aliphatic heterocycles. The third-order valence-electron chi connectivity index (χ3n) is 6.19. The van der Waals surface area contributed by atoms with Gasteiger partial charge in [-0.1, -0.05) is 19.3 Å². The first-order valence-electron chi connectivity index (χ1n) is 8.76. The molecule has 3 fully saturated rings. The predicted octanol–water partition coefficient (Wildman–Crippen LogP) is 2.26. The summed E-state index contributed by atoms with van der Waals surface area (Å²) in [6, 6.07) is -0.124. The summed E-state index contributed by atoms with van der Waals surface area (Å²) < 4.78 is 0. The maximum Gasteiger partial charge on any atom is 0.239 e. The monoisotopic (exact) mass is 302 g/mol. The zero-order valence-corrected chi connectivity index (χ0v) is 13.2. The number of nitrogens with zero attached hydrogens (tertiary/aromatic N) is 1. The minimum absolute atomic E-state index is 0.124. The van der Waals surface area contributed by atoms with E-state index < -0.39 is 0 Å². The molecule has 2 aliphatic carbocycles. The van der Waals surface area contributed by atoms with Crippen LogP contribution in [-0.2, 0) is 11.2 Å². The number of nitrogens with one attached hydrogen (secondary N) is 3. The van der Waals surface area contributed by atoms with E-state index >= 15 is 0 Å². The van der Waals surface area contributed by atoms with Crippen LogP contribution < -0.4 is 10.6 Å². The Kier molecular flexibility index (Phi) is 3.48. The van der Waals surface area contributed by atoms with E-state index in [-0.39, 0.29) is 17.6 Å². The molecule has 3 aliphatic rings. The third kappa shape index (κ3) is 2.56. The fraction of sp³-hybridized carbons (Fsp3) is 0.765. The molecule has 3 N–H and O–H groups in total. The molecule has 1 aromatic rings. The first-order valence-corrected chi connectivity index (χ1v) is 8.76.